The summed E-state index contributed by atoms with van der Waals surface area (Å²) in [6.07, 6.45) is 6.68. The molecule has 1 aliphatic rings. The zero-order valence-corrected chi connectivity index (χ0v) is 19.4. The van der Waals surface area contributed by atoms with Gasteiger partial charge in [-0.05, 0) is 55.7 Å². The Morgan fingerprint density at radius 3 is 1.89 bits per heavy atom. The molecule has 0 aromatic heterocycles. The van der Waals surface area contributed by atoms with E-state index in [0.29, 0.717) is 5.92 Å². The normalized spacial score (nSPS) is 17.7. The fourth-order valence-corrected chi connectivity index (χ4v) is 2.84. The number of aryl methyl sites for hydroxylation is 1. The molecular weight excluding hydrogens is 336 g/mol. The van der Waals surface area contributed by atoms with Gasteiger partial charge in [0.1, 0.15) is 11.9 Å². The quantitative estimate of drug-likeness (QED) is 0.511. The molecule has 0 radical (unpaired) electrons. The first-order valence-electron chi connectivity index (χ1n) is 10.7. The molecule has 27 heavy (non-hydrogen) atoms. The highest BCUT2D eigenvalue weighted by atomic mass is 16.5. The van der Waals surface area contributed by atoms with Gasteiger partial charge in [-0.1, -0.05) is 66.5 Å². The van der Waals surface area contributed by atoms with E-state index in [4.69, 9.17) is 9.47 Å². The molecule has 0 spiro atoms. The lowest BCUT2D eigenvalue weighted by Crippen LogP contribution is -2.22. The minimum Gasteiger partial charge on any atom is -0.496 e. The molecule has 158 valence electrons. The number of benzene rings is 1. The van der Waals surface area contributed by atoms with Crippen molar-refractivity contribution >= 4 is 5.97 Å². The molecule has 0 heterocycles. The number of hydrogen-bond donors (Lipinski definition) is 0. The third-order valence-corrected chi connectivity index (χ3v) is 3.91. The molecule has 0 N–H and O–H groups in total. The van der Waals surface area contributed by atoms with Crippen LogP contribution in [0.1, 0.15) is 104 Å². The number of carbonyl (C=O) groups excluding carboxylic acids is 1. The number of methoxy groups -OCH3 is 1. The number of esters is 1. The maximum absolute atomic E-state index is 10.9. The maximum atomic E-state index is 10.9. The first-order valence-corrected chi connectivity index (χ1v) is 10.7. The molecule has 2 rings (SSSR count). The van der Waals surface area contributed by atoms with E-state index >= 15 is 0 Å². The van der Waals surface area contributed by atoms with Crippen molar-refractivity contribution in [1.29, 1.82) is 0 Å². The summed E-state index contributed by atoms with van der Waals surface area (Å²) in [5.41, 5.74) is 2.50. The molecule has 1 fully saturated rings. The average molecular weight is 381 g/mol. The largest absolute Gasteiger partial charge is 0.496 e. The Morgan fingerprint density at radius 1 is 1.00 bits per heavy atom. The summed E-state index contributed by atoms with van der Waals surface area (Å²) in [4.78, 5) is 10.9. The number of carbonyl (C=O) groups is 1. The number of rotatable bonds is 3. The second-order valence-electron chi connectivity index (χ2n) is 6.73. The minimum absolute atomic E-state index is 0.112. The van der Waals surface area contributed by atoms with Gasteiger partial charge in [-0.15, -0.1) is 0 Å². The van der Waals surface area contributed by atoms with E-state index in [1.165, 1.54) is 30.9 Å². The highest BCUT2D eigenvalue weighted by molar-refractivity contribution is 5.66. The molecule has 0 aliphatic heterocycles. The molecule has 3 nitrogen and oxygen atoms in total. The Labute approximate surface area is 168 Å². The Bertz CT molecular complexity index is 473. The fraction of sp³-hybridized carbons (Fsp3) is 0.708. The van der Waals surface area contributed by atoms with Crippen LogP contribution < -0.4 is 4.74 Å². The van der Waals surface area contributed by atoms with Crippen molar-refractivity contribution in [1.82, 2.24) is 0 Å². The van der Waals surface area contributed by atoms with Gasteiger partial charge in [0.15, 0.2) is 0 Å². The summed E-state index contributed by atoms with van der Waals surface area (Å²) in [7, 11) is 1.71. The van der Waals surface area contributed by atoms with E-state index in [1.807, 2.05) is 13.8 Å². The van der Waals surface area contributed by atoms with Crippen LogP contribution in [0.15, 0.2) is 18.2 Å². The predicted molar refractivity (Wildman–Crippen MR) is 118 cm³/mol. The first-order chi connectivity index (χ1) is 12.9. The Hall–Kier alpha value is -1.51. The van der Waals surface area contributed by atoms with Gasteiger partial charge in [0, 0.05) is 6.92 Å². The number of ether oxygens (including phenoxy) is 2. The monoisotopic (exact) mass is 380 g/mol. The summed E-state index contributed by atoms with van der Waals surface area (Å²) >= 11 is 0. The smallest absolute Gasteiger partial charge is 0.302 e. The lowest BCUT2D eigenvalue weighted by atomic mass is 9.82. The van der Waals surface area contributed by atoms with Gasteiger partial charge in [0.05, 0.1) is 7.11 Å². The molecule has 1 aromatic carbocycles. The van der Waals surface area contributed by atoms with E-state index in [1.54, 1.807) is 7.11 Å². The van der Waals surface area contributed by atoms with Crippen LogP contribution in [0.5, 0.6) is 5.75 Å². The predicted octanol–water partition coefficient (Wildman–Crippen LogP) is 7.45. The Morgan fingerprint density at radius 2 is 1.48 bits per heavy atom. The van der Waals surface area contributed by atoms with Crippen molar-refractivity contribution < 1.29 is 14.3 Å². The third kappa shape index (κ3) is 12.5. The van der Waals surface area contributed by atoms with Gasteiger partial charge in [0.2, 0.25) is 0 Å². The average Bonchev–Trinajstić information content (AvgIpc) is 2.65. The highest BCUT2D eigenvalue weighted by Crippen LogP contribution is 2.36. The van der Waals surface area contributed by atoms with Crippen molar-refractivity contribution in [3.05, 3.63) is 29.3 Å². The maximum Gasteiger partial charge on any atom is 0.302 e. The second kappa shape index (κ2) is 17.9. The van der Waals surface area contributed by atoms with Gasteiger partial charge < -0.3 is 9.47 Å². The van der Waals surface area contributed by atoms with E-state index < -0.39 is 0 Å². The molecule has 0 atom stereocenters. The lowest BCUT2D eigenvalue weighted by molar-refractivity contribution is -0.147. The van der Waals surface area contributed by atoms with E-state index in [9.17, 15) is 4.79 Å². The van der Waals surface area contributed by atoms with Gasteiger partial charge in [-0.2, -0.15) is 0 Å². The molecule has 1 saturated carbocycles. The van der Waals surface area contributed by atoms with Crippen LogP contribution in [0.3, 0.4) is 0 Å². The van der Waals surface area contributed by atoms with Crippen LogP contribution in [0.2, 0.25) is 0 Å². The van der Waals surface area contributed by atoms with Crippen molar-refractivity contribution in [3.8, 4) is 5.75 Å². The molecule has 0 bridgehead atoms. The molecule has 1 aromatic rings. The molecule has 0 saturated heterocycles. The zero-order valence-electron chi connectivity index (χ0n) is 19.4. The van der Waals surface area contributed by atoms with Gasteiger partial charge >= 0.3 is 5.97 Å². The summed E-state index contributed by atoms with van der Waals surface area (Å²) in [6.45, 7) is 16.0. The molecule has 0 unspecified atom stereocenters. The molecular formula is C24H44O3. The summed E-state index contributed by atoms with van der Waals surface area (Å²) < 4.78 is 10.7. The topological polar surface area (TPSA) is 35.5 Å². The van der Waals surface area contributed by atoms with Gasteiger partial charge in [-0.3, -0.25) is 4.79 Å². The lowest BCUT2D eigenvalue weighted by Gasteiger charge is -2.28. The Kier molecular flexibility index (Phi) is 18.3. The van der Waals surface area contributed by atoms with Crippen molar-refractivity contribution in [2.45, 2.75) is 106 Å². The van der Waals surface area contributed by atoms with Crippen LogP contribution in [0, 0.1) is 6.92 Å². The van der Waals surface area contributed by atoms with Crippen molar-refractivity contribution in [2.75, 3.05) is 7.11 Å². The Balaban J connectivity index is 0. The van der Waals surface area contributed by atoms with Gasteiger partial charge in [-0.25, -0.2) is 0 Å². The van der Waals surface area contributed by atoms with Gasteiger partial charge in [0.25, 0.3) is 0 Å². The van der Waals surface area contributed by atoms with Crippen LogP contribution >= 0.6 is 0 Å². The highest BCUT2D eigenvalue weighted by Gasteiger charge is 2.24. The van der Waals surface area contributed by atoms with Crippen LogP contribution in [0.25, 0.3) is 0 Å². The van der Waals surface area contributed by atoms with Crippen molar-refractivity contribution in [2.24, 2.45) is 0 Å². The molecule has 3 heteroatoms. The zero-order chi connectivity index (χ0) is 21.2. The molecule has 0 amide bonds. The van der Waals surface area contributed by atoms with Crippen LogP contribution in [-0.2, 0) is 9.53 Å². The summed E-state index contributed by atoms with van der Waals surface area (Å²) in [6, 6.07) is 6.45. The van der Waals surface area contributed by atoms with E-state index in [-0.39, 0.29) is 12.1 Å². The SMILES string of the molecule is CC.CCC.CCC.COc1cc(C2CCC(OC(C)=O)CC2)ccc1C. The van der Waals surface area contributed by atoms with E-state index in [0.717, 1.165) is 31.4 Å². The second-order valence-corrected chi connectivity index (χ2v) is 6.73. The van der Waals surface area contributed by atoms with Crippen LogP contribution in [0.4, 0.5) is 0 Å². The van der Waals surface area contributed by atoms with E-state index in [2.05, 4.69) is 52.8 Å². The standard InChI is InChI=1S/C16H22O3.2C3H8.C2H6/c1-11-4-5-14(10-16(11)18-3)13-6-8-15(9-7-13)19-12(2)17;2*1-3-2;1-2/h4-5,10,13,15H,6-9H2,1-3H3;2*3H2,1-2H3;1-2H3. The summed E-state index contributed by atoms with van der Waals surface area (Å²) in [5, 5.41) is 0. The first kappa shape index (κ1) is 27.7. The summed E-state index contributed by atoms with van der Waals surface area (Å²) in [5.74, 6) is 1.35. The third-order valence-electron chi connectivity index (χ3n) is 3.91. The van der Waals surface area contributed by atoms with Crippen LogP contribution in [-0.4, -0.2) is 19.2 Å². The van der Waals surface area contributed by atoms with Crippen molar-refractivity contribution in [3.63, 3.8) is 0 Å². The molecule has 1 aliphatic carbocycles. The number of hydrogen-bond acceptors (Lipinski definition) is 3. The minimum atomic E-state index is -0.166. The fourth-order valence-electron chi connectivity index (χ4n) is 2.84.